The Morgan fingerprint density at radius 1 is 1.56 bits per heavy atom. The predicted octanol–water partition coefficient (Wildman–Crippen LogP) is 1.21. The molecule has 0 unspecified atom stereocenters. The van der Waals surface area contributed by atoms with Gasteiger partial charge in [0, 0.05) is 19.4 Å². The van der Waals surface area contributed by atoms with E-state index in [1.807, 2.05) is 14.0 Å². The van der Waals surface area contributed by atoms with Crippen molar-refractivity contribution in [1.29, 1.82) is 0 Å². The van der Waals surface area contributed by atoms with Crippen LogP contribution < -0.4 is 11.1 Å². The maximum absolute atomic E-state index is 12.1. The number of carbonyl (C=O) groups is 1. The van der Waals surface area contributed by atoms with E-state index >= 15 is 0 Å². The van der Waals surface area contributed by atoms with Crippen LogP contribution in [-0.2, 0) is 13.5 Å². The van der Waals surface area contributed by atoms with Crippen molar-refractivity contribution in [1.82, 2.24) is 14.8 Å². The topological polar surface area (TPSA) is 85.8 Å². The van der Waals surface area contributed by atoms with E-state index in [0.29, 0.717) is 16.9 Å². The van der Waals surface area contributed by atoms with Crippen molar-refractivity contribution in [3.05, 3.63) is 35.9 Å². The summed E-state index contributed by atoms with van der Waals surface area (Å²) in [6.45, 7) is 1.98. The Morgan fingerprint density at radius 3 is 3.00 bits per heavy atom. The summed E-state index contributed by atoms with van der Waals surface area (Å²) in [7, 11) is 1.82. The number of hydrogen-bond donors (Lipinski definition) is 2. The maximum atomic E-state index is 12.1. The van der Waals surface area contributed by atoms with Crippen LogP contribution in [-0.4, -0.2) is 20.7 Å². The summed E-state index contributed by atoms with van der Waals surface area (Å²) in [4.78, 5) is 15.9. The number of rotatable bonds is 3. The summed E-state index contributed by atoms with van der Waals surface area (Å²) in [6, 6.07) is 1.59. The van der Waals surface area contributed by atoms with E-state index < -0.39 is 0 Å². The molecular formula is C12H15N5O. The average Bonchev–Trinajstić information content (AvgIpc) is 2.70. The Hall–Kier alpha value is -2.37. The number of nitrogens with two attached hydrogens (primary N) is 1. The summed E-state index contributed by atoms with van der Waals surface area (Å²) < 4.78 is 1.67. The van der Waals surface area contributed by atoms with Crippen LogP contribution in [0.4, 0.5) is 11.4 Å². The predicted molar refractivity (Wildman–Crippen MR) is 69.2 cm³/mol. The molecule has 0 aliphatic heterocycles. The highest BCUT2D eigenvalue weighted by molar-refractivity contribution is 6.07. The van der Waals surface area contributed by atoms with Crippen LogP contribution in [0.2, 0.25) is 0 Å². The number of nitrogen functional groups attached to an aromatic ring is 1. The SMILES string of the molecule is CCc1nn(C)cc1NC(=O)c1ccncc1N. The van der Waals surface area contributed by atoms with Crippen LogP contribution in [0, 0.1) is 0 Å². The van der Waals surface area contributed by atoms with E-state index in [-0.39, 0.29) is 5.91 Å². The third-order valence-corrected chi connectivity index (χ3v) is 2.58. The first-order chi connectivity index (χ1) is 8.61. The summed E-state index contributed by atoms with van der Waals surface area (Å²) in [5, 5.41) is 7.07. The van der Waals surface area contributed by atoms with Gasteiger partial charge in [0.25, 0.3) is 5.91 Å². The van der Waals surface area contributed by atoms with Gasteiger partial charge >= 0.3 is 0 Å². The third-order valence-electron chi connectivity index (χ3n) is 2.58. The number of carbonyl (C=O) groups excluding carboxylic acids is 1. The van der Waals surface area contributed by atoms with E-state index in [9.17, 15) is 4.79 Å². The first-order valence-electron chi connectivity index (χ1n) is 5.65. The molecule has 0 aromatic carbocycles. The Bertz CT molecular complexity index is 576. The lowest BCUT2D eigenvalue weighted by molar-refractivity contribution is 0.102. The molecule has 0 radical (unpaired) electrons. The Labute approximate surface area is 105 Å². The maximum Gasteiger partial charge on any atom is 0.257 e. The van der Waals surface area contributed by atoms with Gasteiger partial charge < -0.3 is 11.1 Å². The Kier molecular flexibility index (Phi) is 3.27. The van der Waals surface area contributed by atoms with Crippen molar-refractivity contribution < 1.29 is 4.79 Å². The molecule has 0 saturated heterocycles. The smallest absolute Gasteiger partial charge is 0.257 e. The minimum absolute atomic E-state index is 0.252. The second-order valence-corrected chi connectivity index (χ2v) is 3.93. The van der Waals surface area contributed by atoms with Gasteiger partial charge in [-0.2, -0.15) is 5.10 Å². The molecule has 2 aromatic heterocycles. The lowest BCUT2D eigenvalue weighted by Crippen LogP contribution is -2.14. The highest BCUT2D eigenvalue weighted by Crippen LogP contribution is 2.16. The molecule has 3 N–H and O–H groups in total. The van der Waals surface area contributed by atoms with Crippen molar-refractivity contribution in [3.63, 3.8) is 0 Å². The molecule has 0 aliphatic rings. The van der Waals surface area contributed by atoms with Crippen LogP contribution in [0.1, 0.15) is 23.0 Å². The van der Waals surface area contributed by atoms with Gasteiger partial charge in [-0.25, -0.2) is 0 Å². The van der Waals surface area contributed by atoms with Crippen molar-refractivity contribution in [2.24, 2.45) is 7.05 Å². The van der Waals surface area contributed by atoms with Crippen LogP contribution in [0.15, 0.2) is 24.7 Å². The van der Waals surface area contributed by atoms with E-state index in [4.69, 9.17) is 5.73 Å². The van der Waals surface area contributed by atoms with Gasteiger partial charge in [-0.05, 0) is 12.5 Å². The fourth-order valence-electron chi connectivity index (χ4n) is 1.70. The zero-order valence-corrected chi connectivity index (χ0v) is 10.3. The van der Waals surface area contributed by atoms with Gasteiger partial charge in [-0.3, -0.25) is 14.5 Å². The van der Waals surface area contributed by atoms with Gasteiger partial charge in [0.05, 0.1) is 28.8 Å². The highest BCUT2D eigenvalue weighted by atomic mass is 16.1. The number of aryl methyl sites for hydroxylation is 2. The van der Waals surface area contributed by atoms with E-state index in [2.05, 4.69) is 15.4 Å². The quantitative estimate of drug-likeness (QED) is 0.851. The molecule has 2 heterocycles. The molecule has 0 aliphatic carbocycles. The molecule has 2 rings (SSSR count). The van der Waals surface area contributed by atoms with Gasteiger partial charge in [0.1, 0.15) is 0 Å². The third kappa shape index (κ3) is 2.32. The first kappa shape index (κ1) is 12.1. The van der Waals surface area contributed by atoms with E-state index in [1.165, 1.54) is 12.4 Å². The van der Waals surface area contributed by atoms with E-state index in [1.54, 1.807) is 16.9 Å². The summed E-state index contributed by atoms with van der Waals surface area (Å²) in [5.74, 6) is -0.252. The molecule has 0 saturated carbocycles. The minimum Gasteiger partial charge on any atom is -0.397 e. The normalized spacial score (nSPS) is 10.3. The van der Waals surface area contributed by atoms with Crippen molar-refractivity contribution >= 4 is 17.3 Å². The van der Waals surface area contributed by atoms with Crippen molar-refractivity contribution in [2.45, 2.75) is 13.3 Å². The molecule has 0 atom stereocenters. The zero-order valence-electron chi connectivity index (χ0n) is 10.3. The molecule has 2 aromatic rings. The molecule has 1 amide bonds. The van der Waals surface area contributed by atoms with Crippen molar-refractivity contribution in [2.75, 3.05) is 11.1 Å². The van der Waals surface area contributed by atoms with Crippen LogP contribution >= 0.6 is 0 Å². The van der Waals surface area contributed by atoms with Gasteiger partial charge in [0.15, 0.2) is 0 Å². The zero-order chi connectivity index (χ0) is 13.1. The molecule has 6 heteroatoms. The summed E-state index contributed by atoms with van der Waals surface area (Å²) in [6.07, 6.45) is 5.52. The van der Waals surface area contributed by atoms with E-state index in [0.717, 1.165) is 12.1 Å². The largest absolute Gasteiger partial charge is 0.397 e. The van der Waals surface area contributed by atoms with Crippen LogP contribution in [0.25, 0.3) is 0 Å². The Balaban J connectivity index is 2.24. The van der Waals surface area contributed by atoms with Crippen molar-refractivity contribution in [3.8, 4) is 0 Å². The monoisotopic (exact) mass is 245 g/mol. The number of pyridine rings is 1. The van der Waals surface area contributed by atoms with Gasteiger partial charge in [0.2, 0.25) is 0 Å². The molecule has 18 heavy (non-hydrogen) atoms. The fourth-order valence-corrected chi connectivity index (χ4v) is 1.70. The highest BCUT2D eigenvalue weighted by Gasteiger charge is 2.13. The van der Waals surface area contributed by atoms with Gasteiger partial charge in [-0.15, -0.1) is 0 Å². The number of aromatic nitrogens is 3. The molecule has 0 fully saturated rings. The molecule has 6 nitrogen and oxygen atoms in total. The number of anilines is 2. The second kappa shape index (κ2) is 4.87. The number of nitrogens with one attached hydrogen (secondary N) is 1. The fraction of sp³-hybridized carbons (Fsp3) is 0.250. The lowest BCUT2D eigenvalue weighted by Gasteiger charge is -2.06. The summed E-state index contributed by atoms with van der Waals surface area (Å²) in [5.41, 5.74) is 8.03. The number of nitrogens with zero attached hydrogens (tertiary/aromatic N) is 3. The first-order valence-corrected chi connectivity index (χ1v) is 5.65. The average molecular weight is 245 g/mol. The Morgan fingerprint density at radius 2 is 2.33 bits per heavy atom. The number of hydrogen-bond acceptors (Lipinski definition) is 4. The second-order valence-electron chi connectivity index (χ2n) is 3.93. The van der Waals surface area contributed by atoms with Crippen LogP contribution in [0.5, 0.6) is 0 Å². The minimum atomic E-state index is -0.252. The standard InChI is InChI=1S/C12H15N5O/c1-3-10-11(7-17(2)16-10)15-12(18)8-4-5-14-6-9(8)13/h4-7H,3,13H2,1-2H3,(H,15,18). The van der Waals surface area contributed by atoms with Gasteiger partial charge in [-0.1, -0.05) is 6.92 Å². The lowest BCUT2D eigenvalue weighted by atomic mass is 10.2. The molecule has 0 bridgehead atoms. The molecular weight excluding hydrogens is 230 g/mol. The molecule has 94 valence electrons. The summed E-state index contributed by atoms with van der Waals surface area (Å²) >= 11 is 0. The molecule has 0 spiro atoms. The van der Waals surface area contributed by atoms with Crippen LogP contribution in [0.3, 0.4) is 0 Å². The number of amides is 1.